The maximum atomic E-state index is 14.1. The molecule has 0 aliphatic carbocycles. The number of alkyl halides is 3. The lowest BCUT2D eigenvalue weighted by Crippen LogP contribution is -2.52. The second-order valence-corrected chi connectivity index (χ2v) is 8.63. The van der Waals surface area contributed by atoms with Crippen LogP contribution >= 0.6 is 0 Å². The zero-order chi connectivity index (χ0) is 23.8. The summed E-state index contributed by atoms with van der Waals surface area (Å²) in [6.07, 6.45) is -3.40. The lowest BCUT2D eigenvalue weighted by Gasteiger charge is -2.40. The van der Waals surface area contributed by atoms with E-state index in [-0.39, 0.29) is 49.0 Å². The van der Waals surface area contributed by atoms with Gasteiger partial charge in [0.2, 0.25) is 11.8 Å². The molecule has 4 heterocycles. The van der Waals surface area contributed by atoms with Crippen LogP contribution in [0.1, 0.15) is 32.8 Å². The van der Waals surface area contributed by atoms with Crippen LogP contribution in [0.4, 0.5) is 24.9 Å². The summed E-state index contributed by atoms with van der Waals surface area (Å²) in [4.78, 5) is 24.8. The molecule has 0 radical (unpaired) electrons. The Morgan fingerprint density at radius 2 is 2.09 bits per heavy atom. The number of ether oxygens (including phenoxy) is 2. The highest BCUT2D eigenvalue weighted by atomic mass is 19.4. The molecule has 2 aromatic heterocycles. The number of nitrogens with zero attached hydrogens (tertiary/aromatic N) is 5. The minimum absolute atomic E-state index is 0.00381. The maximum absolute atomic E-state index is 14.1. The summed E-state index contributed by atoms with van der Waals surface area (Å²) in [5, 5.41) is 0. The number of pyridine rings is 1. The number of aromatic nitrogens is 3. The van der Waals surface area contributed by atoms with Crippen molar-refractivity contribution in [3.63, 3.8) is 0 Å². The summed E-state index contributed by atoms with van der Waals surface area (Å²) in [6.45, 7) is 6.81. The first-order valence-electron chi connectivity index (χ1n) is 11.1. The van der Waals surface area contributed by atoms with Crippen LogP contribution in [0.5, 0.6) is 5.88 Å². The van der Waals surface area contributed by atoms with Gasteiger partial charge in [-0.25, -0.2) is 4.98 Å². The van der Waals surface area contributed by atoms with Crippen LogP contribution in [0.25, 0.3) is 0 Å². The van der Waals surface area contributed by atoms with Crippen molar-refractivity contribution >= 4 is 11.8 Å². The molecule has 2 unspecified atom stereocenters. The van der Waals surface area contributed by atoms with E-state index >= 15 is 0 Å². The average molecular weight is 467 g/mol. The predicted octanol–water partition coefficient (Wildman–Crippen LogP) is 2.99. The van der Waals surface area contributed by atoms with E-state index in [9.17, 15) is 18.0 Å². The average Bonchev–Trinajstić information content (AvgIpc) is 2.74. The minimum Gasteiger partial charge on any atom is -0.475 e. The van der Waals surface area contributed by atoms with Crippen LogP contribution in [-0.4, -0.2) is 58.7 Å². The van der Waals surface area contributed by atoms with Crippen LogP contribution in [0.2, 0.25) is 0 Å². The molecule has 0 N–H and O–H groups in total. The SMILES string of the molecule is CC(C)Oc1ncccc1CN1c2nc(N3CCOCC3C)cc(=O)n2CCC1C(F)(F)F. The summed E-state index contributed by atoms with van der Waals surface area (Å²) in [5.41, 5.74) is 0.123. The molecule has 0 saturated carbocycles. The molecule has 11 heteroatoms. The Kier molecular flexibility index (Phi) is 6.51. The Morgan fingerprint density at radius 1 is 1.30 bits per heavy atom. The molecule has 2 aromatic rings. The van der Waals surface area contributed by atoms with Crippen molar-refractivity contribution in [2.75, 3.05) is 29.6 Å². The summed E-state index contributed by atoms with van der Waals surface area (Å²) in [5.74, 6) is 0.634. The first-order valence-corrected chi connectivity index (χ1v) is 11.1. The van der Waals surface area contributed by atoms with Crippen molar-refractivity contribution in [2.45, 2.75) is 64.6 Å². The Labute approximate surface area is 189 Å². The fraction of sp³-hybridized carbons (Fsp3) is 0.591. The molecule has 2 aliphatic rings. The van der Waals surface area contributed by atoms with E-state index < -0.39 is 12.2 Å². The second-order valence-electron chi connectivity index (χ2n) is 8.63. The van der Waals surface area contributed by atoms with E-state index in [1.54, 1.807) is 12.1 Å². The molecule has 180 valence electrons. The monoisotopic (exact) mass is 467 g/mol. The van der Waals surface area contributed by atoms with E-state index in [0.717, 1.165) is 4.90 Å². The number of anilines is 2. The van der Waals surface area contributed by atoms with Gasteiger partial charge in [0.25, 0.3) is 5.56 Å². The predicted molar refractivity (Wildman–Crippen MR) is 117 cm³/mol. The molecular formula is C22H28F3N5O3. The topological polar surface area (TPSA) is 72.7 Å². The van der Waals surface area contributed by atoms with Gasteiger partial charge in [0, 0.05) is 30.9 Å². The molecule has 1 saturated heterocycles. The van der Waals surface area contributed by atoms with Crippen molar-refractivity contribution in [2.24, 2.45) is 0 Å². The highest BCUT2D eigenvalue weighted by Gasteiger charge is 2.47. The number of hydrogen-bond acceptors (Lipinski definition) is 7. The van der Waals surface area contributed by atoms with Gasteiger partial charge in [-0.1, -0.05) is 6.07 Å². The van der Waals surface area contributed by atoms with Gasteiger partial charge in [-0.05, 0) is 33.3 Å². The molecule has 0 aromatic carbocycles. The third-order valence-corrected chi connectivity index (χ3v) is 5.81. The summed E-state index contributed by atoms with van der Waals surface area (Å²) in [7, 11) is 0. The van der Waals surface area contributed by atoms with Crippen molar-refractivity contribution in [1.29, 1.82) is 0 Å². The Hall–Kier alpha value is -2.82. The highest BCUT2D eigenvalue weighted by Crippen LogP contribution is 2.36. The zero-order valence-electron chi connectivity index (χ0n) is 18.9. The number of rotatable bonds is 5. The molecule has 0 spiro atoms. The molecule has 8 nitrogen and oxygen atoms in total. The van der Waals surface area contributed by atoms with Gasteiger partial charge in [0.05, 0.1) is 31.9 Å². The van der Waals surface area contributed by atoms with Gasteiger partial charge >= 0.3 is 6.18 Å². The first kappa shape index (κ1) is 23.3. The van der Waals surface area contributed by atoms with Crippen LogP contribution < -0.4 is 20.1 Å². The number of halogens is 3. The molecule has 2 atom stereocenters. The minimum atomic E-state index is -4.49. The van der Waals surface area contributed by atoms with Crippen LogP contribution in [0.3, 0.4) is 0 Å². The summed E-state index contributed by atoms with van der Waals surface area (Å²) in [6, 6.07) is 2.90. The standard InChI is InChI=1S/C22H28F3N5O3/c1-14(2)33-20-16(5-4-7-26-20)12-30-17(22(23,24)25)6-8-29-19(31)11-18(27-21(29)30)28-9-10-32-13-15(28)3/h4-5,7,11,14-15,17H,6,8-10,12-13H2,1-3H3. The Morgan fingerprint density at radius 3 is 2.79 bits per heavy atom. The molecule has 4 rings (SSSR count). The van der Waals surface area contributed by atoms with Gasteiger partial charge in [0.1, 0.15) is 11.9 Å². The number of morpholine rings is 1. The highest BCUT2D eigenvalue weighted by molar-refractivity contribution is 5.48. The first-order chi connectivity index (χ1) is 15.6. The van der Waals surface area contributed by atoms with Gasteiger partial charge in [0.15, 0.2) is 0 Å². The normalized spacial score (nSPS) is 21.3. The fourth-order valence-corrected chi connectivity index (χ4v) is 4.25. The maximum Gasteiger partial charge on any atom is 0.408 e. The van der Waals surface area contributed by atoms with E-state index in [1.807, 2.05) is 25.7 Å². The van der Waals surface area contributed by atoms with E-state index in [4.69, 9.17) is 9.47 Å². The van der Waals surface area contributed by atoms with Crippen LogP contribution in [0, 0.1) is 0 Å². The van der Waals surface area contributed by atoms with Gasteiger partial charge in [-0.15, -0.1) is 0 Å². The van der Waals surface area contributed by atoms with Crippen molar-refractivity contribution in [3.05, 3.63) is 40.3 Å². The van der Waals surface area contributed by atoms with Gasteiger partial charge in [-0.3, -0.25) is 9.36 Å². The molecule has 33 heavy (non-hydrogen) atoms. The van der Waals surface area contributed by atoms with Gasteiger partial charge in [-0.2, -0.15) is 18.2 Å². The van der Waals surface area contributed by atoms with Gasteiger partial charge < -0.3 is 19.3 Å². The lowest BCUT2D eigenvalue weighted by molar-refractivity contribution is -0.153. The van der Waals surface area contributed by atoms with E-state index in [1.165, 1.54) is 16.8 Å². The molecule has 0 bridgehead atoms. The van der Waals surface area contributed by atoms with Crippen molar-refractivity contribution in [3.8, 4) is 5.88 Å². The molecule has 0 amide bonds. The number of fused-ring (bicyclic) bond motifs is 1. The quantitative estimate of drug-likeness (QED) is 0.670. The largest absolute Gasteiger partial charge is 0.475 e. The second kappa shape index (κ2) is 9.20. The summed E-state index contributed by atoms with van der Waals surface area (Å²) < 4.78 is 54.7. The Balaban J connectivity index is 1.79. The molecular weight excluding hydrogens is 439 g/mol. The van der Waals surface area contributed by atoms with Crippen LogP contribution in [0.15, 0.2) is 29.2 Å². The Bertz CT molecular complexity index is 1040. The van der Waals surface area contributed by atoms with Crippen molar-refractivity contribution < 1.29 is 22.6 Å². The third kappa shape index (κ3) is 4.92. The van der Waals surface area contributed by atoms with Crippen LogP contribution in [-0.2, 0) is 17.8 Å². The van der Waals surface area contributed by atoms with E-state index in [2.05, 4.69) is 9.97 Å². The third-order valence-electron chi connectivity index (χ3n) is 5.81. The number of hydrogen-bond donors (Lipinski definition) is 0. The fourth-order valence-electron chi connectivity index (χ4n) is 4.25. The van der Waals surface area contributed by atoms with Crippen molar-refractivity contribution in [1.82, 2.24) is 14.5 Å². The molecule has 2 aliphatic heterocycles. The zero-order valence-corrected chi connectivity index (χ0v) is 18.9. The smallest absolute Gasteiger partial charge is 0.408 e. The lowest BCUT2D eigenvalue weighted by atomic mass is 10.1. The summed E-state index contributed by atoms with van der Waals surface area (Å²) >= 11 is 0. The molecule has 1 fully saturated rings. The van der Waals surface area contributed by atoms with E-state index in [0.29, 0.717) is 31.1 Å².